The van der Waals surface area contributed by atoms with E-state index in [1.54, 1.807) is 10.6 Å². The van der Waals surface area contributed by atoms with Crippen LogP contribution in [0.4, 0.5) is 0 Å². The molecule has 196 valence electrons. The second-order valence-corrected chi connectivity index (χ2v) is 10.7. The molecule has 1 aromatic heterocycles. The summed E-state index contributed by atoms with van der Waals surface area (Å²) in [6.07, 6.45) is 0.673. The Kier molecular flexibility index (Phi) is 7.75. The van der Waals surface area contributed by atoms with Gasteiger partial charge in [-0.05, 0) is 86.3 Å². The number of para-hydroxylation sites is 1. The van der Waals surface area contributed by atoms with E-state index < -0.39 is 6.04 Å². The highest BCUT2D eigenvalue weighted by molar-refractivity contribution is 9.10. The van der Waals surface area contributed by atoms with Gasteiger partial charge in [-0.3, -0.25) is 14.2 Å². The first-order chi connectivity index (χ1) is 18.8. The highest BCUT2D eigenvalue weighted by atomic mass is 79.9. The summed E-state index contributed by atoms with van der Waals surface area (Å²) in [5.41, 5.74) is 5.13. The molecule has 4 aromatic carbocycles. The topological polar surface area (TPSA) is 55.2 Å². The van der Waals surface area contributed by atoms with Crippen molar-refractivity contribution in [3.05, 3.63) is 140 Å². The lowest BCUT2D eigenvalue weighted by Crippen LogP contribution is -2.38. The van der Waals surface area contributed by atoms with E-state index in [-0.39, 0.29) is 11.5 Å². The molecule has 0 fully saturated rings. The number of aromatic nitrogens is 2. The van der Waals surface area contributed by atoms with E-state index >= 15 is 0 Å². The normalized spacial score (nSPS) is 11.9. The Morgan fingerprint density at radius 1 is 0.897 bits per heavy atom. The molecule has 0 saturated carbocycles. The van der Waals surface area contributed by atoms with Crippen LogP contribution in [0.25, 0.3) is 16.6 Å². The summed E-state index contributed by atoms with van der Waals surface area (Å²) in [4.78, 5) is 34.8. The largest absolute Gasteiger partial charge is 0.328 e. The number of carbonyl (C=O) groups is 1. The van der Waals surface area contributed by atoms with E-state index in [0.29, 0.717) is 35.3 Å². The van der Waals surface area contributed by atoms with Crippen LogP contribution in [0.15, 0.2) is 106 Å². The van der Waals surface area contributed by atoms with E-state index in [2.05, 4.69) is 28.1 Å². The summed E-state index contributed by atoms with van der Waals surface area (Å²) in [5, 5.41) is 0.542. The Hall–Kier alpha value is -4.03. The van der Waals surface area contributed by atoms with Crippen LogP contribution in [0, 0.1) is 13.8 Å². The van der Waals surface area contributed by atoms with Crippen LogP contribution in [0.1, 0.15) is 45.8 Å². The minimum atomic E-state index is -0.487. The second kappa shape index (κ2) is 11.4. The van der Waals surface area contributed by atoms with Gasteiger partial charge in [0.2, 0.25) is 0 Å². The highest BCUT2D eigenvalue weighted by Gasteiger charge is 2.28. The number of hydrogen-bond donors (Lipinski definition) is 0. The average molecular weight is 581 g/mol. The molecule has 1 amide bonds. The third kappa shape index (κ3) is 5.57. The van der Waals surface area contributed by atoms with Crippen molar-refractivity contribution in [2.45, 2.75) is 33.2 Å². The maximum absolute atomic E-state index is 14.0. The van der Waals surface area contributed by atoms with Crippen molar-refractivity contribution in [2.24, 2.45) is 0 Å². The molecule has 1 heterocycles. The van der Waals surface area contributed by atoms with Crippen molar-refractivity contribution in [3.63, 3.8) is 0 Å². The molecule has 0 bridgehead atoms. The third-order valence-corrected chi connectivity index (χ3v) is 7.70. The molecule has 6 heteroatoms. The van der Waals surface area contributed by atoms with Gasteiger partial charge < -0.3 is 4.90 Å². The summed E-state index contributed by atoms with van der Waals surface area (Å²) in [6.45, 7) is 6.50. The SMILES string of the molecule is Cc1ccc(-n2c(C(C)N(CCc3ccccc3)C(=O)c3cccc(Br)c3)nc3ccccc3c2=O)cc1C. The zero-order chi connectivity index (χ0) is 27.5. The van der Waals surface area contributed by atoms with Gasteiger partial charge in [-0.2, -0.15) is 0 Å². The van der Waals surface area contributed by atoms with Gasteiger partial charge in [0.25, 0.3) is 11.5 Å². The second-order valence-electron chi connectivity index (χ2n) is 9.82. The van der Waals surface area contributed by atoms with Crippen LogP contribution < -0.4 is 5.56 Å². The van der Waals surface area contributed by atoms with Crippen molar-refractivity contribution in [2.75, 3.05) is 6.54 Å². The van der Waals surface area contributed by atoms with Gasteiger partial charge in [0.05, 0.1) is 22.6 Å². The Balaban J connectivity index is 1.67. The molecule has 0 N–H and O–H groups in total. The monoisotopic (exact) mass is 579 g/mol. The van der Waals surface area contributed by atoms with E-state index in [4.69, 9.17) is 4.98 Å². The van der Waals surface area contributed by atoms with Gasteiger partial charge >= 0.3 is 0 Å². The smallest absolute Gasteiger partial charge is 0.266 e. The first-order valence-corrected chi connectivity index (χ1v) is 13.8. The number of benzene rings is 4. The lowest BCUT2D eigenvalue weighted by Gasteiger charge is -2.31. The Bertz CT molecular complexity index is 1710. The molecule has 5 nitrogen and oxygen atoms in total. The Morgan fingerprint density at radius 3 is 2.38 bits per heavy atom. The fraction of sp³-hybridized carbons (Fsp3) is 0.182. The quantitative estimate of drug-likeness (QED) is 0.205. The summed E-state index contributed by atoms with van der Waals surface area (Å²) in [5.74, 6) is 0.409. The van der Waals surface area contributed by atoms with Crippen LogP contribution in [0.5, 0.6) is 0 Å². The number of rotatable bonds is 7. The molecular formula is C33H30BrN3O2. The van der Waals surface area contributed by atoms with Crippen molar-refractivity contribution >= 4 is 32.7 Å². The van der Waals surface area contributed by atoms with E-state index in [9.17, 15) is 9.59 Å². The minimum Gasteiger partial charge on any atom is -0.328 e. The van der Waals surface area contributed by atoms with Gasteiger partial charge in [-0.15, -0.1) is 0 Å². The minimum absolute atomic E-state index is 0.117. The lowest BCUT2D eigenvalue weighted by molar-refractivity contribution is 0.0683. The van der Waals surface area contributed by atoms with Gasteiger partial charge in [-0.25, -0.2) is 4.98 Å². The van der Waals surface area contributed by atoms with E-state index in [1.165, 1.54) is 0 Å². The van der Waals surface area contributed by atoms with Gasteiger partial charge in [0.15, 0.2) is 0 Å². The van der Waals surface area contributed by atoms with Gasteiger partial charge in [0, 0.05) is 16.6 Å². The molecule has 1 atom stereocenters. The fourth-order valence-corrected chi connectivity index (χ4v) is 5.24. The molecule has 0 spiro atoms. The number of fused-ring (bicyclic) bond motifs is 1. The fourth-order valence-electron chi connectivity index (χ4n) is 4.84. The number of halogens is 1. The summed E-state index contributed by atoms with van der Waals surface area (Å²) in [7, 11) is 0. The first kappa shape index (κ1) is 26.6. The van der Waals surface area contributed by atoms with Crippen LogP contribution >= 0.6 is 15.9 Å². The van der Waals surface area contributed by atoms with Crippen LogP contribution in [-0.4, -0.2) is 26.9 Å². The predicted octanol–water partition coefficient (Wildman–Crippen LogP) is 7.21. The first-order valence-electron chi connectivity index (χ1n) is 13.0. The maximum Gasteiger partial charge on any atom is 0.266 e. The molecule has 0 aliphatic heterocycles. The number of hydrogen-bond acceptors (Lipinski definition) is 3. The third-order valence-electron chi connectivity index (χ3n) is 7.21. The molecule has 0 aliphatic rings. The summed E-state index contributed by atoms with van der Waals surface area (Å²) < 4.78 is 2.50. The molecular weight excluding hydrogens is 550 g/mol. The van der Waals surface area contributed by atoms with Crippen molar-refractivity contribution in [1.82, 2.24) is 14.5 Å². The summed E-state index contributed by atoms with van der Waals surface area (Å²) in [6, 6.07) is 30.4. The highest BCUT2D eigenvalue weighted by Crippen LogP contribution is 2.26. The lowest BCUT2D eigenvalue weighted by atomic mass is 10.1. The number of amides is 1. The molecule has 0 aliphatic carbocycles. The van der Waals surface area contributed by atoms with Crippen molar-refractivity contribution in [1.29, 1.82) is 0 Å². The Morgan fingerprint density at radius 2 is 1.64 bits per heavy atom. The zero-order valence-corrected chi connectivity index (χ0v) is 23.9. The molecule has 1 unspecified atom stereocenters. The van der Waals surface area contributed by atoms with E-state index in [0.717, 1.165) is 26.9 Å². The predicted molar refractivity (Wildman–Crippen MR) is 161 cm³/mol. The van der Waals surface area contributed by atoms with Gasteiger partial charge in [-0.1, -0.05) is 70.5 Å². The standard InChI is InChI=1S/C33H30BrN3O2/c1-22-16-17-28(20-23(22)2)37-31(35-30-15-8-7-14-29(30)33(37)39)24(3)36(19-18-25-10-5-4-6-11-25)32(38)26-12-9-13-27(34)21-26/h4-17,20-21,24H,18-19H2,1-3H3. The maximum atomic E-state index is 14.0. The van der Waals surface area contributed by atoms with Gasteiger partial charge in [0.1, 0.15) is 5.82 Å². The van der Waals surface area contributed by atoms with Crippen LogP contribution in [-0.2, 0) is 6.42 Å². The molecule has 0 saturated heterocycles. The Labute approximate surface area is 236 Å². The molecule has 0 radical (unpaired) electrons. The molecule has 39 heavy (non-hydrogen) atoms. The number of aryl methyl sites for hydroxylation is 2. The van der Waals surface area contributed by atoms with Crippen LogP contribution in [0.2, 0.25) is 0 Å². The summed E-state index contributed by atoms with van der Waals surface area (Å²) >= 11 is 3.50. The number of carbonyl (C=O) groups excluding carboxylic acids is 1. The van der Waals surface area contributed by atoms with Crippen LogP contribution in [0.3, 0.4) is 0 Å². The zero-order valence-electron chi connectivity index (χ0n) is 22.3. The molecule has 5 aromatic rings. The van der Waals surface area contributed by atoms with Crippen molar-refractivity contribution < 1.29 is 4.79 Å². The van der Waals surface area contributed by atoms with Crippen molar-refractivity contribution in [3.8, 4) is 5.69 Å². The number of nitrogens with zero attached hydrogens (tertiary/aromatic N) is 3. The van der Waals surface area contributed by atoms with E-state index in [1.807, 2.05) is 105 Å². The molecule has 5 rings (SSSR count). The average Bonchev–Trinajstić information content (AvgIpc) is 2.95.